The highest BCUT2D eigenvalue weighted by Crippen LogP contribution is 2.17. The first-order valence-electron chi connectivity index (χ1n) is 6.50. The van der Waals surface area contributed by atoms with Crippen molar-refractivity contribution in [1.82, 2.24) is 10.2 Å². The fraction of sp³-hybridized carbons (Fsp3) is 1.00. The molecule has 1 aliphatic rings. The second-order valence-corrected chi connectivity index (χ2v) is 5.39. The van der Waals surface area contributed by atoms with Gasteiger partial charge in [-0.25, -0.2) is 0 Å². The van der Waals surface area contributed by atoms with E-state index >= 15 is 0 Å². The highest BCUT2D eigenvalue weighted by atomic mass is 15.1. The zero-order valence-corrected chi connectivity index (χ0v) is 11.1. The predicted molar refractivity (Wildman–Crippen MR) is 67.2 cm³/mol. The second-order valence-electron chi connectivity index (χ2n) is 5.39. The number of nitrogens with one attached hydrogen (secondary N) is 1. The van der Waals surface area contributed by atoms with Crippen molar-refractivity contribution in [3.63, 3.8) is 0 Å². The lowest BCUT2D eigenvalue weighted by atomic mass is 9.95. The Kier molecular flexibility index (Phi) is 5.07. The van der Waals surface area contributed by atoms with E-state index in [-0.39, 0.29) is 0 Å². The van der Waals surface area contributed by atoms with Crippen molar-refractivity contribution in [2.75, 3.05) is 13.6 Å². The van der Waals surface area contributed by atoms with Crippen LogP contribution in [0.5, 0.6) is 0 Å². The van der Waals surface area contributed by atoms with Crippen LogP contribution in [-0.2, 0) is 0 Å². The van der Waals surface area contributed by atoms with Crippen LogP contribution in [0, 0.1) is 5.92 Å². The molecule has 0 bridgehead atoms. The molecular weight excluding hydrogens is 184 g/mol. The maximum Gasteiger partial charge on any atom is 0.00966 e. The lowest BCUT2D eigenvalue weighted by Gasteiger charge is -2.37. The summed E-state index contributed by atoms with van der Waals surface area (Å²) in [7, 11) is 2.24. The Hall–Kier alpha value is -0.0800. The van der Waals surface area contributed by atoms with Crippen LogP contribution in [0.4, 0.5) is 0 Å². The first-order valence-corrected chi connectivity index (χ1v) is 6.50. The molecule has 0 aromatic heterocycles. The third-order valence-corrected chi connectivity index (χ3v) is 4.20. The molecule has 0 aliphatic carbocycles. The van der Waals surface area contributed by atoms with Crippen LogP contribution >= 0.6 is 0 Å². The zero-order chi connectivity index (χ0) is 11.4. The van der Waals surface area contributed by atoms with Gasteiger partial charge in [-0.3, -0.25) is 0 Å². The van der Waals surface area contributed by atoms with Crippen LogP contribution in [0.3, 0.4) is 0 Å². The zero-order valence-electron chi connectivity index (χ0n) is 11.1. The predicted octanol–water partition coefficient (Wildman–Crippen LogP) is 2.49. The van der Waals surface area contributed by atoms with E-state index in [1.165, 1.54) is 25.8 Å². The van der Waals surface area contributed by atoms with Gasteiger partial charge in [-0.2, -0.15) is 0 Å². The van der Waals surface area contributed by atoms with Gasteiger partial charge in [0.1, 0.15) is 0 Å². The van der Waals surface area contributed by atoms with E-state index in [4.69, 9.17) is 0 Å². The highest BCUT2D eigenvalue weighted by Gasteiger charge is 2.24. The van der Waals surface area contributed by atoms with Gasteiger partial charge < -0.3 is 10.2 Å². The molecular formula is C13H28N2. The van der Waals surface area contributed by atoms with E-state index in [0.29, 0.717) is 6.04 Å². The Morgan fingerprint density at radius 3 is 2.60 bits per heavy atom. The monoisotopic (exact) mass is 212 g/mol. The molecule has 1 rings (SSSR count). The molecule has 4 atom stereocenters. The second kappa shape index (κ2) is 5.86. The molecule has 0 aromatic rings. The van der Waals surface area contributed by atoms with E-state index in [0.717, 1.165) is 18.0 Å². The van der Waals surface area contributed by atoms with Crippen molar-refractivity contribution >= 4 is 0 Å². The normalized spacial score (nSPS) is 32.6. The fourth-order valence-electron chi connectivity index (χ4n) is 2.33. The summed E-state index contributed by atoms with van der Waals surface area (Å²) in [5.74, 6) is 0.792. The Bertz CT molecular complexity index is 181. The summed E-state index contributed by atoms with van der Waals surface area (Å²) < 4.78 is 0. The van der Waals surface area contributed by atoms with Crippen LogP contribution in [-0.4, -0.2) is 36.6 Å². The first kappa shape index (κ1) is 13.0. The molecule has 0 aromatic carbocycles. The average Bonchev–Trinajstić information content (AvgIpc) is 2.22. The van der Waals surface area contributed by atoms with Crippen molar-refractivity contribution < 1.29 is 0 Å². The van der Waals surface area contributed by atoms with Gasteiger partial charge in [0.25, 0.3) is 0 Å². The summed E-state index contributed by atoms with van der Waals surface area (Å²) in [5.41, 5.74) is 0. The molecule has 0 spiro atoms. The molecule has 15 heavy (non-hydrogen) atoms. The SMILES string of the molecule is CCC(C)C(C)NC1CCN(C)C(C)C1. The Morgan fingerprint density at radius 2 is 2.07 bits per heavy atom. The Balaban J connectivity index is 2.33. The lowest BCUT2D eigenvalue weighted by Crippen LogP contribution is -2.49. The van der Waals surface area contributed by atoms with Crippen LogP contribution in [0.25, 0.3) is 0 Å². The number of piperidine rings is 1. The maximum atomic E-state index is 3.79. The summed E-state index contributed by atoms with van der Waals surface area (Å²) in [5, 5.41) is 3.79. The smallest absolute Gasteiger partial charge is 0.00966 e. The molecule has 0 radical (unpaired) electrons. The first-order chi connectivity index (χ1) is 7.04. The summed E-state index contributed by atoms with van der Waals surface area (Å²) in [6.45, 7) is 10.5. The van der Waals surface area contributed by atoms with Gasteiger partial charge in [0, 0.05) is 18.1 Å². The summed E-state index contributed by atoms with van der Waals surface area (Å²) in [4.78, 5) is 2.46. The topological polar surface area (TPSA) is 15.3 Å². The average molecular weight is 212 g/mol. The van der Waals surface area contributed by atoms with E-state index in [9.17, 15) is 0 Å². The van der Waals surface area contributed by atoms with Crippen molar-refractivity contribution in [1.29, 1.82) is 0 Å². The van der Waals surface area contributed by atoms with Crippen LogP contribution < -0.4 is 5.32 Å². The van der Waals surface area contributed by atoms with Gasteiger partial charge in [-0.15, -0.1) is 0 Å². The number of hydrogen-bond acceptors (Lipinski definition) is 2. The third-order valence-electron chi connectivity index (χ3n) is 4.20. The number of nitrogens with zero attached hydrogens (tertiary/aromatic N) is 1. The van der Waals surface area contributed by atoms with E-state index < -0.39 is 0 Å². The van der Waals surface area contributed by atoms with Crippen LogP contribution in [0.15, 0.2) is 0 Å². The van der Waals surface area contributed by atoms with Gasteiger partial charge in [-0.05, 0) is 46.2 Å². The minimum Gasteiger partial charge on any atom is -0.311 e. The van der Waals surface area contributed by atoms with E-state index in [1.54, 1.807) is 0 Å². The maximum absolute atomic E-state index is 3.79. The number of likely N-dealkylation sites (tertiary alicyclic amines) is 1. The molecule has 90 valence electrons. The van der Waals surface area contributed by atoms with Gasteiger partial charge in [0.05, 0.1) is 0 Å². The molecule has 1 heterocycles. The quantitative estimate of drug-likeness (QED) is 0.770. The standard InChI is InChI=1S/C13H28N2/c1-6-10(2)12(4)14-13-7-8-15(5)11(3)9-13/h10-14H,6-9H2,1-5H3. The van der Waals surface area contributed by atoms with Crippen LogP contribution in [0.2, 0.25) is 0 Å². The number of hydrogen-bond donors (Lipinski definition) is 1. The molecule has 2 nitrogen and oxygen atoms in total. The van der Waals surface area contributed by atoms with Crippen molar-refractivity contribution in [2.45, 2.75) is 65.1 Å². The molecule has 0 amide bonds. The van der Waals surface area contributed by atoms with Gasteiger partial charge in [0.15, 0.2) is 0 Å². The van der Waals surface area contributed by atoms with E-state index in [2.05, 4.69) is 45.0 Å². The van der Waals surface area contributed by atoms with Gasteiger partial charge in [0.2, 0.25) is 0 Å². The highest BCUT2D eigenvalue weighted by molar-refractivity contribution is 4.83. The van der Waals surface area contributed by atoms with Gasteiger partial charge >= 0.3 is 0 Å². The largest absolute Gasteiger partial charge is 0.311 e. The minimum absolute atomic E-state index is 0.663. The lowest BCUT2D eigenvalue weighted by molar-refractivity contribution is 0.157. The Morgan fingerprint density at radius 1 is 1.40 bits per heavy atom. The van der Waals surface area contributed by atoms with Gasteiger partial charge in [-0.1, -0.05) is 20.3 Å². The van der Waals surface area contributed by atoms with E-state index in [1.807, 2.05) is 0 Å². The minimum atomic E-state index is 0.663. The number of rotatable bonds is 4. The molecule has 4 unspecified atom stereocenters. The summed E-state index contributed by atoms with van der Waals surface area (Å²) >= 11 is 0. The van der Waals surface area contributed by atoms with Crippen molar-refractivity contribution in [3.05, 3.63) is 0 Å². The molecule has 1 fully saturated rings. The fourth-order valence-corrected chi connectivity index (χ4v) is 2.33. The Labute approximate surface area is 95.4 Å². The van der Waals surface area contributed by atoms with Crippen molar-refractivity contribution in [2.24, 2.45) is 5.92 Å². The third kappa shape index (κ3) is 3.76. The van der Waals surface area contributed by atoms with Crippen LogP contribution in [0.1, 0.15) is 47.0 Å². The molecule has 1 aliphatic heterocycles. The molecule has 1 N–H and O–H groups in total. The van der Waals surface area contributed by atoms with Crippen molar-refractivity contribution in [3.8, 4) is 0 Å². The molecule has 0 saturated carbocycles. The molecule has 1 saturated heterocycles. The summed E-state index contributed by atoms with van der Waals surface area (Å²) in [6, 6.07) is 2.14. The molecule has 2 heteroatoms. The summed E-state index contributed by atoms with van der Waals surface area (Å²) in [6.07, 6.45) is 3.88.